The van der Waals surface area contributed by atoms with Gasteiger partial charge in [-0.1, -0.05) is 30.7 Å². The summed E-state index contributed by atoms with van der Waals surface area (Å²) in [6, 6.07) is 9.51. The molecule has 1 aliphatic rings. The third-order valence-corrected chi connectivity index (χ3v) is 7.26. The van der Waals surface area contributed by atoms with Crippen LogP contribution < -0.4 is 26.4 Å². The zero-order valence-electron chi connectivity index (χ0n) is 20.4. The molecule has 0 bridgehead atoms. The van der Waals surface area contributed by atoms with Crippen LogP contribution in [0.1, 0.15) is 25.3 Å². The molecule has 1 fully saturated rings. The molecule has 0 unspecified atom stereocenters. The molecule has 0 saturated carbocycles. The lowest BCUT2D eigenvalue weighted by atomic mass is 9.80. The number of anilines is 4. The second-order valence-electron chi connectivity index (χ2n) is 9.44. The summed E-state index contributed by atoms with van der Waals surface area (Å²) in [4.78, 5) is 16.3. The fourth-order valence-electron chi connectivity index (χ4n) is 4.32. The molecule has 0 radical (unpaired) electrons. The van der Waals surface area contributed by atoms with Crippen molar-refractivity contribution < 1.29 is 4.74 Å². The highest BCUT2D eigenvalue weighted by atomic mass is 35.5. The zero-order chi connectivity index (χ0) is 25.3. The van der Waals surface area contributed by atoms with Crippen LogP contribution >= 0.6 is 11.6 Å². The van der Waals surface area contributed by atoms with Crippen molar-refractivity contribution in [3.8, 4) is 5.75 Å². The van der Waals surface area contributed by atoms with Crippen LogP contribution in [-0.4, -0.2) is 51.5 Å². The van der Waals surface area contributed by atoms with Crippen LogP contribution in [-0.2, 0) is 6.54 Å². The van der Waals surface area contributed by atoms with Crippen LogP contribution in [0.2, 0.25) is 5.02 Å². The Kier molecular flexibility index (Phi) is 6.55. The number of piperidine rings is 1. The number of hydrogen-bond donors (Lipinski definition) is 3. The third kappa shape index (κ3) is 4.74. The number of halogens is 1. The summed E-state index contributed by atoms with van der Waals surface area (Å²) < 4.78 is 7.13. The Balaban J connectivity index is 1.51. The van der Waals surface area contributed by atoms with Gasteiger partial charge in [-0.3, -0.25) is 0 Å². The van der Waals surface area contributed by atoms with Crippen LogP contribution in [0, 0.1) is 5.41 Å². The molecule has 1 aliphatic heterocycles. The molecule has 0 amide bonds. The fourth-order valence-corrected chi connectivity index (χ4v) is 4.48. The van der Waals surface area contributed by atoms with Crippen molar-refractivity contribution in [3.63, 3.8) is 0 Å². The first-order valence-electron chi connectivity index (χ1n) is 11.9. The van der Waals surface area contributed by atoms with Gasteiger partial charge in [0, 0.05) is 19.3 Å². The molecule has 3 aromatic heterocycles. The van der Waals surface area contributed by atoms with Crippen molar-refractivity contribution in [2.75, 3.05) is 42.7 Å². The molecule has 4 aromatic rings. The van der Waals surface area contributed by atoms with E-state index in [0.717, 1.165) is 43.1 Å². The molecule has 36 heavy (non-hydrogen) atoms. The molecule has 1 aromatic carbocycles. The minimum absolute atomic E-state index is 0.172. The van der Waals surface area contributed by atoms with Crippen LogP contribution in [0.4, 0.5) is 23.1 Å². The Bertz CT molecular complexity index is 1360. The summed E-state index contributed by atoms with van der Waals surface area (Å²) >= 11 is 6.37. The van der Waals surface area contributed by atoms with Crippen LogP contribution in [0.15, 0.2) is 42.7 Å². The molecule has 0 spiro atoms. The third-order valence-electron chi connectivity index (χ3n) is 6.87. The molecule has 10 nitrogen and oxygen atoms in total. The van der Waals surface area contributed by atoms with E-state index in [2.05, 4.69) is 22.1 Å². The van der Waals surface area contributed by atoms with Gasteiger partial charge in [-0.2, -0.15) is 5.10 Å². The number of ether oxygens (including phenoxy) is 1. The number of methoxy groups -OCH3 is 1. The Hall–Kier alpha value is -3.63. The fraction of sp³-hybridized carbons (Fsp3) is 0.360. The molecule has 0 atom stereocenters. The predicted octanol–water partition coefficient (Wildman–Crippen LogP) is 3.82. The van der Waals surface area contributed by atoms with Crippen LogP contribution in [0.25, 0.3) is 11.2 Å². The van der Waals surface area contributed by atoms with Crippen molar-refractivity contribution in [3.05, 3.63) is 53.3 Å². The zero-order valence-corrected chi connectivity index (χ0v) is 21.2. The van der Waals surface area contributed by atoms with Gasteiger partial charge in [0.05, 0.1) is 25.5 Å². The first-order valence-corrected chi connectivity index (χ1v) is 12.3. The van der Waals surface area contributed by atoms with Crippen molar-refractivity contribution in [1.82, 2.24) is 24.7 Å². The normalized spacial score (nSPS) is 15.3. The average molecular weight is 508 g/mol. The molecule has 4 heterocycles. The molecule has 11 heteroatoms. The summed E-state index contributed by atoms with van der Waals surface area (Å²) in [5, 5.41) is 8.31. The Morgan fingerprint density at radius 1 is 1.11 bits per heavy atom. The lowest BCUT2D eigenvalue weighted by molar-refractivity contribution is 0.258. The van der Waals surface area contributed by atoms with E-state index in [1.165, 1.54) is 0 Å². The Morgan fingerprint density at radius 2 is 1.86 bits per heavy atom. The highest BCUT2D eigenvalue weighted by Crippen LogP contribution is 2.33. The average Bonchev–Trinajstić information content (AvgIpc) is 3.23. The second-order valence-corrected chi connectivity index (χ2v) is 9.82. The molecular formula is C25H30ClN9O. The van der Waals surface area contributed by atoms with E-state index >= 15 is 0 Å². The van der Waals surface area contributed by atoms with E-state index in [-0.39, 0.29) is 5.41 Å². The predicted molar refractivity (Wildman–Crippen MR) is 143 cm³/mol. The number of nitrogens with one attached hydrogen (secondary N) is 1. The Morgan fingerprint density at radius 3 is 2.56 bits per heavy atom. The van der Waals surface area contributed by atoms with E-state index in [0.29, 0.717) is 46.6 Å². The maximum Gasteiger partial charge on any atom is 0.182 e. The number of fused-ring (bicyclic) bond motifs is 1. The standard InChI is InChI=1S/C25H30ClN9O/c1-25(15-27)8-11-34(12-9-25)19-13-30-21-23(32-22-20(26)18(28)7-10-29-22)33-35(24(21)31-19)14-16-3-5-17(36-2)6-4-16/h3-7,10,13H,8-9,11-12,14-15,27H2,1-2H3,(H3,28,29,32,33). The molecule has 5 rings (SSSR count). The largest absolute Gasteiger partial charge is 0.497 e. The summed E-state index contributed by atoms with van der Waals surface area (Å²) in [7, 11) is 1.65. The van der Waals surface area contributed by atoms with E-state index in [4.69, 9.17) is 42.9 Å². The molecule has 0 aliphatic carbocycles. The van der Waals surface area contributed by atoms with Gasteiger partial charge in [-0.25, -0.2) is 19.6 Å². The maximum absolute atomic E-state index is 6.37. The molecule has 5 N–H and O–H groups in total. The SMILES string of the molecule is COc1ccc(Cn2nc(Nc3nccc(N)c3Cl)c3ncc(N4CCC(C)(CN)CC4)nc32)cc1. The first kappa shape index (κ1) is 24.1. The van der Waals surface area contributed by atoms with Crippen molar-refractivity contribution in [2.45, 2.75) is 26.3 Å². The van der Waals surface area contributed by atoms with Gasteiger partial charge in [0.1, 0.15) is 16.6 Å². The number of benzene rings is 1. The maximum atomic E-state index is 6.37. The lowest BCUT2D eigenvalue weighted by Crippen LogP contribution is -2.42. The van der Waals surface area contributed by atoms with E-state index in [1.807, 2.05) is 28.9 Å². The summed E-state index contributed by atoms with van der Waals surface area (Å²) in [5.74, 6) is 2.54. The summed E-state index contributed by atoms with van der Waals surface area (Å²) in [5.41, 5.74) is 14.9. The van der Waals surface area contributed by atoms with Gasteiger partial charge in [-0.05, 0) is 48.6 Å². The number of aromatic nitrogens is 5. The van der Waals surface area contributed by atoms with Crippen molar-refractivity contribution in [1.29, 1.82) is 0 Å². The quantitative estimate of drug-likeness (QED) is 0.341. The van der Waals surface area contributed by atoms with E-state index in [9.17, 15) is 0 Å². The van der Waals surface area contributed by atoms with Gasteiger partial charge >= 0.3 is 0 Å². The molecule has 188 valence electrons. The van der Waals surface area contributed by atoms with Gasteiger partial charge in [0.15, 0.2) is 22.8 Å². The summed E-state index contributed by atoms with van der Waals surface area (Å²) in [6.45, 7) is 5.21. The number of hydrogen-bond acceptors (Lipinski definition) is 9. The van der Waals surface area contributed by atoms with Crippen molar-refractivity contribution >= 4 is 45.9 Å². The second kappa shape index (κ2) is 9.79. The van der Waals surface area contributed by atoms with E-state index in [1.54, 1.807) is 25.6 Å². The minimum atomic E-state index is 0.172. The topological polar surface area (TPSA) is 133 Å². The van der Waals surface area contributed by atoms with Crippen molar-refractivity contribution in [2.24, 2.45) is 11.1 Å². The summed E-state index contributed by atoms with van der Waals surface area (Å²) in [6.07, 6.45) is 5.42. The number of rotatable bonds is 7. The minimum Gasteiger partial charge on any atom is -0.497 e. The van der Waals surface area contributed by atoms with Gasteiger partial charge in [0.25, 0.3) is 0 Å². The first-order chi connectivity index (χ1) is 17.4. The molecular weight excluding hydrogens is 478 g/mol. The highest BCUT2D eigenvalue weighted by molar-refractivity contribution is 6.35. The highest BCUT2D eigenvalue weighted by Gasteiger charge is 2.29. The number of nitrogens with two attached hydrogens (primary N) is 2. The number of nitrogens with zero attached hydrogens (tertiary/aromatic N) is 6. The van der Waals surface area contributed by atoms with Crippen LogP contribution in [0.5, 0.6) is 5.75 Å². The number of pyridine rings is 1. The number of nitrogen functional groups attached to an aromatic ring is 1. The lowest BCUT2D eigenvalue weighted by Gasteiger charge is -2.39. The smallest absolute Gasteiger partial charge is 0.182 e. The van der Waals surface area contributed by atoms with E-state index < -0.39 is 0 Å². The van der Waals surface area contributed by atoms with Gasteiger partial charge in [-0.15, -0.1) is 0 Å². The molecule has 1 saturated heterocycles. The Labute approximate surface area is 214 Å². The van der Waals surface area contributed by atoms with Gasteiger partial charge in [0.2, 0.25) is 0 Å². The van der Waals surface area contributed by atoms with Gasteiger partial charge < -0.3 is 26.4 Å². The monoisotopic (exact) mass is 507 g/mol. The van der Waals surface area contributed by atoms with Crippen LogP contribution in [0.3, 0.4) is 0 Å².